The minimum Gasteiger partial charge on any atom is -0.346 e. The first-order valence-corrected chi connectivity index (χ1v) is 7.76. The van der Waals surface area contributed by atoms with Crippen LogP contribution in [0.1, 0.15) is 12.0 Å². The summed E-state index contributed by atoms with van der Waals surface area (Å²) in [6.07, 6.45) is 3.81. The van der Waals surface area contributed by atoms with Gasteiger partial charge in [0.2, 0.25) is 0 Å². The minimum absolute atomic E-state index is 0.160. The van der Waals surface area contributed by atoms with Crippen LogP contribution in [-0.4, -0.2) is 43.5 Å². The normalized spacial score (nSPS) is 18.6. The van der Waals surface area contributed by atoms with E-state index < -0.39 is 0 Å². The molecular formula is C17H20N4O. The van der Waals surface area contributed by atoms with E-state index in [9.17, 15) is 10.1 Å². The third-order valence-corrected chi connectivity index (χ3v) is 4.19. The van der Waals surface area contributed by atoms with Gasteiger partial charge in [-0.25, -0.2) is 0 Å². The second kappa shape index (κ2) is 6.63. The van der Waals surface area contributed by atoms with E-state index in [1.807, 2.05) is 17.0 Å². The summed E-state index contributed by atoms with van der Waals surface area (Å²) >= 11 is 0. The molecule has 114 valence electrons. The SMILES string of the molecule is N#C/C(=C/N1CCCc2ccccc21)C(=O)N1CCNCC1. The molecule has 0 bridgehead atoms. The molecule has 1 saturated heterocycles. The van der Waals surface area contributed by atoms with Gasteiger partial charge in [-0.15, -0.1) is 0 Å². The zero-order valence-electron chi connectivity index (χ0n) is 12.6. The first kappa shape index (κ1) is 14.6. The van der Waals surface area contributed by atoms with E-state index >= 15 is 0 Å². The van der Waals surface area contributed by atoms with Crippen LogP contribution >= 0.6 is 0 Å². The van der Waals surface area contributed by atoms with Gasteiger partial charge in [-0.3, -0.25) is 4.79 Å². The van der Waals surface area contributed by atoms with E-state index in [2.05, 4.69) is 23.5 Å². The summed E-state index contributed by atoms with van der Waals surface area (Å²) in [6.45, 7) is 3.74. The molecule has 0 saturated carbocycles. The molecule has 1 N–H and O–H groups in total. The molecular weight excluding hydrogens is 276 g/mol. The van der Waals surface area contributed by atoms with Crippen molar-refractivity contribution in [2.24, 2.45) is 0 Å². The third kappa shape index (κ3) is 2.97. The maximum Gasteiger partial charge on any atom is 0.266 e. The quantitative estimate of drug-likeness (QED) is 0.660. The summed E-state index contributed by atoms with van der Waals surface area (Å²) in [5.74, 6) is -0.160. The van der Waals surface area contributed by atoms with Crippen molar-refractivity contribution in [1.82, 2.24) is 10.2 Å². The average molecular weight is 296 g/mol. The van der Waals surface area contributed by atoms with Gasteiger partial charge in [-0.2, -0.15) is 5.26 Å². The maximum absolute atomic E-state index is 12.5. The number of hydrogen-bond donors (Lipinski definition) is 1. The lowest BCUT2D eigenvalue weighted by Gasteiger charge is -2.30. The fraction of sp³-hybridized carbons (Fsp3) is 0.412. The Bertz CT molecular complexity index is 626. The molecule has 0 radical (unpaired) electrons. The molecule has 2 heterocycles. The molecule has 0 aliphatic carbocycles. The highest BCUT2D eigenvalue weighted by atomic mass is 16.2. The highest BCUT2D eigenvalue weighted by Crippen LogP contribution is 2.27. The van der Waals surface area contributed by atoms with Crippen LogP contribution in [0.4, 0.5) is 5.69 Å². The standard InChI is InChI=1S/C17H20N4O/c18-12-15(17(22)20-10-7-19-8-11-20)13-21-9-3-5-14-4-1-2-6-16(14)21/h1-2,4,6,13,19H,3,5,7-11H2/b15-13-. The number of aryl methyl sites for hydroxylation is 1. The Hall–Kier alpha value is -2.32. The lowest BCUT2D eigenvalue weighted by atomic mass is 10.0. The van der Waals surface area contributed by atoms with Crippen LogP contribution < -0.4 is 10.2 Å². The zero-order chi connectivity index (χ0) is 15.4. The number of fused-ring (bicyclic) bond motifs is 1. The molecule has 0 atom stereocenters. The number of para-hydroxylation sites is 1. The molecule has 0 spiro atoms. The predicted octanol–water partition coefficient (Wildman–Crippen LogP) is 1.28. The van der Waals surface area contributed by atoms with E-state index in [-0.39, 0.29) is 11.5 Å². The molecule has 1 aromatic rings. The number of nitrogens with zero attached hydrogens (tertiary/aromatic N) is 3. The van der Waals surface area contributed by atoms with Crippen molar-refractivity contribution in [3.05, 3.63) is 41.6 Å². The van der Waals surface area contributed by atoms with Crippen LogP contribution in [-0.2, 0) is 11.2 Å². The van der Waals surface area contributed by atoms with Crippen molar-refractivity contribution >= 4 is 11.6 Å². The number of benzene rings is 1. The third-order valence-electron chi connectivity index (χ3n) is 4.19. The molecule has 5 heteroatoms. The number of carbonyl (C=O) groups is 1. The van der Waals surface area contributed by atoms with Crippen molar-refractivity contribution in [3.63, 3.8) is 0 Å². The summed E-state index contributed by atoms with van der Waals surface area (Å²) in [4.78, 5) is 16.3. The van der Waals surface area contributed by atoms with Gasteiger partial charge < -0.3 is 15.1 Å². The molecule has 1 amide bonds. The van der Waals surface area contributed by atoms with Gasteiger partial charge in [-0.1, -0.05) is 18.2 Å². The van der Waals surface area contributed by atoms with E-state index in [4.69, 9.17) is 0 Å². The number of amides is 1. The number of anilines is 1. The van der Waals surface area contributed by atoms with Gasteiger partial charge in [-0.05, 0) is 24.5 Å². The Morgan fingerprint density at radius 2 is 2.00 bits per heavy atom. The highest BCUT2D eigenvalue weighted by molar-refractivity contribution is 5.97. The zero-order valence-corrected chi connectivity index (χ0v) is 12.6. The van der Waals surface area contributed by atoms with Gasteiger partial charge >= 0.3 is 0 Å². The van der Waals surface area contributed by atoms with Crippen molar-refractivity contribution in [1.29, 1.82) is 5.26 Å². The number of piperazine rings is 1. The van der Waals surface area contributed by atoms with Gasteiger partial charge in [0.1, 0.15) is 11.6 Å². The smallest absolute Gasteiger partial charge is 0.266 e. The fourth-order valence-corrected chi connectivity index (χ4v) is 3.02. The summed E-state index contributed by atoms with van der Waals surface area (Å²) in [5, 5.41) is 12.6. The second-order valence-electron chi connectivity index (χ2n) is 5.62. The largest absolute Gasteiger partial charge is 0.346 e. The summed E-state index contributed by atoms with van der Waals surface area (Å²) in [7, 11) is 0. The Morgan fingerprint density at radius 1 is 1.23 bits per heavy atom. The van der Waals surface area contributed by atoms with E-state index in [0.717, 1.165) is 38.2 Å². The average Bonchev–Trinajstić information content (AvgIpc) is 2.60. The fourth-order valence-electron chi connectivity index (χ4n) is 3.02. The first-order valence-electron chi connectivity index (χ1n) is 7.76. The van der Waals surface area contributed by atoms with Crippen molar-refractivity contribution in [2.75, 3.05) is 37.6 Å². The predicted molar refractivity (Wildman–Crippen MR) is 85.3 cm³/mol. The van der Waals surface area contributed by atoms with Gasteiger partial charge in [0.15, 0.2) is 0 Å². The number of nitriles is 1. The molecule has 1 fully saturated rings. The minimum atomic E-state index is -0.160. The van der Waals surface area contributed by atoms with Crippen LogP contribution in [0.15, 0.2) is 36.0 Å². The monoisotopic (exact) mass is 296 g/mol. The first-order chi connectivity index (χ1) is 10.8. The van der Waals surface area contributed by atoms with Gasteiger partial charge in [0, 0.05) is 44.6 Å². The second-order valence-corrected chi connectivity index (χ2v) is 5.62. The van der Waals surface area contributed by atoms with Crippen LogP contribution in [0.25, 0.3) is 0 Å². The van der Waals surface area contributed by atoms with Crippen LogP contribution in [0.3, 0.4) is 0 Å². The van der Waals surface area contributed by atoms with E-state index in [1.54, 1.807) is 11.1 Å². The number of rotatable bonds is 2. The number of hydrogen-bond acceptors (Lipinski definition) is 4. The molecule has 3 rings (SSSR count). The Kier molecular flexibility index (Phi) is 4.40. The van der Waals surface area contributed by atoms with Crippen molar-refractivity contribution in [3.8, 4) is 6.07 Å². The summed E-state index contributed by atoms with van der Waals surface area (Å²) in [6, 6.07) is 10.3. The molecule has 2 aliphatic heterocycles. The molecule has 22 heavy (non-hydrogen) atoms. The molecule has 2 aliphatic rings. The number of carbonyl (C=O) groups excluding carboxylic acids is 1. The lowest BCUT2D eigenvalue weighted by Crippen LogP contribution is -2.47. The molecule has 0 aromatic heterocycles. The highest BCUT2D eigenvalue weighted by Gasteiger charge is 2.22. The van der Waals surface area contributed by atoms with E-state index in [1.165, 1.54) is 5.56 Å². The molecule has 5 nitrogen and oxygen atoms in total. The van der Waals surface area contributed by atoms with Crippen LogP contribution in [0, 0.1) is 11.3 Å². The summed E-state index contributed by atoms with van der Waals surface area (Å²) < 4.78 is 0. The van der Waals surface area contributed by atoms with E-state index in [0.29, 0.717) is 13.1 Å². The van der Waals surface area contributed by atoms with Crippen LogP contribution in [0.2, 0.25) is 0 Å². The maximum atomic E-state index is 12.5. The Morgan fingerprint density at radius 3 is 2.77 bits per heavy atom. The Balaban J connectivity index is 1.83. The number of nitrogens with one attached hydrogen (secondary N) is 1. The lowest BCUT2D eigenvalue weighted by molar-refractivity contribution is -0.127. The van der Waals surface area contributed by atoms with Gasteiger partial charge in [0.25, 0.3) is 5.91 Å². The van der Waals surface area contributed by atoms with Crippen molar-refractivity contribution in [2.45, 2.75) is 12.8 Å². The molecule has 1 aromatic carbocycles. The van der Waals surface area contributed by atoms with Crippen LogP contribution in [0.5, 0.6) is 0 Å². The summed E-state index contributed by atoms with van der Waals surface area (Å²) in [5.41, 5.74) is 2.60. The molecule has 0 unspecified atom stereocenters. The topological polar surface area (TPSA) is 59.4 Å². The van der Waals surface area contributed by atoms with Gasteiger partial charge in [0.05, 0.1) is 0 Å². The van der Waals surface area contributed by atoms with Crippen molar-refractivity contribution < 1.29 is 4.79 Å². The Labute approximate surface area is 130 Å².